The second kappa shape index (κ2) is 14.1. The lowest BCUT2D eigenvalue weighted by atomic mass is 9.77. The third-order valence-electron chi connectivity index (χ3n) is 11.7. The molecule has 9 aromatic carbocycles. The SMILES string of the molecule is C=CCC(C)(C=C)c1ccc2c(-c3ccc(-c4c5ccccc5c(-c5ccc(C(F)(F)F)cc5)c5ccccc45)cc3)c3ccccc3c(-c3ccccc3)c2c1. The third kappa shape index (κ3) is 6.11. The topological polar surface area (TPSA) is 0 Å². The van der Waals surface area contributed by atoms with E-state index in [2.05, 4.69) is 141 Å². The van der Waals surface area contributed by atoms with Crippen LogP contribution in [0, 0.1) is 0 Å². The standard InChI is InChI=1S/C54H39F3/c1-4-33-53(3,5-2)40-31-32-47-48(34-40)52(35-15-7-6-8-16-35)46-22-14-13-21-45(46)51(47)37-25-23-36(24-26-37)49-41-17-9-11-19-43(41)50(44-20-12-10-18-42(44)49)38-27-29-39(30-28-38)54(55,56)57/h4-32,34H,1-2,33H2,3H3. The molecule has 0 saturated heterocycles. The molecule has 1 unspecified atom stereocenters. The summed E-state index contributed by atoms with van der Waals surface area (Å²) in [5.41, 5.74) is 8.75. The number of fused-ring (bicyclic) bond motifs is 4. The van der Waals surface area contributed by atoms with Crippen molar-refractivity contribution in [1.82, 2.24) is 0 Å². The molecule has 0 nitrogen and oxygen atoms in total. The van der Waals surface area contributed by atoms with Crippen LogP contribution < -0.4 is 0 Å². The summed E-state index contributed by atoms with van der Waals surface area (Å²) in [7, 11) is 0. The van der Waals surface area contributed by atoms with Gasteiger partial charge in [-0.05, 0) is 118 Å². The molecule has 1 atom stereocenters. The quantitative estimate of drug-likeness (QED) is 0.107. The second-order valence-corrected chi connectivity index (χ2v) is 15.0. The van der Waals surface area contributed by atoms with Gasteiger partial charge in [-0.2, -0.15) is 13.2 Å². The molecule has 0 aliphatic rings. The first kappa shape index (κ1) is 36.0. The van der Waals surface area contributed by atoms with Crippen molar-refractivity contribution in [3.8, 4) is 44.5 Å². The summed E-state index contributed by atoms with van der Waals surface area (Å²) in [6.07, 6.45) is 0.371. The summed E-state index contributed by atoms with van der Waals surface area (Å²) in [5, 5.41) is 8.78. The average molecular weight is 745 g/mol. The molecule has 0 spiro atoms. The average Bonchev–Trinajstić information content (AvgIpc) is 3.24. The van der Waals surface area contributed by atoms with E-state index in [4.69, 9.17) is 0 Å². The van der Waals surface area contributed by atoms with Crippen LogP contribution in [0.3, 0.4) is 0 Å². The molecule has 9 aromatic rings. The Morgan fingerprint density at radius 2 is 0.737 bits per heavy atom. The molecule has 0 fully saturated rings. The van der Waals surface area contributed by atoms with Crippen LogP contribution in [0.2, 0.25) is 0 Å². The van der Waals surface area contributed by atoms with Gasteiger partial charge >= 0.3 is 6.18 Å². The number of hydrogen-bond acceptors (Lipinski definition) is 0. The molecule has 0 bridgehead atoms. The largest absolute Gasteiger partial charge is 0.416 e. The predicted molar refractivity (Wildman–Crippen MR) is 236 cm³/mol. The Morgan fingerprint density at radius 1 is 0.404 bits per heavy atom. The van der Waals surface area contributed by atoms with Crippen molar-refractivity contribution in [2.45, 2.75) is 24.9 Å². The van der Waals surface area contributed by atoms with Crippen molar-refractivity contribution in [1.29, 1.82) is 0 Å². The maximum atomic E-state index is 13.5. The van der Waals surface area contributed by atoms with Crippen molar-refractivity contribution >= 4 is 43.1 Å². The Kier molecular flexibility index (Phi) is 8.89. The highest BCUT2D eigenvalue weighted by Crippen LogP contribution is 2.47. The van der Waals surface area contributed by atoms with Gasteiger partial charge < -0.3 is 0 Å². The highest BCUT2D eigenvalue weighted by molar-refractivity contribution is 6.23. The maximum Gasteiger partial charge on any atom is 0.416 e. The zero-order valence-electron chi connectivity index (χ0n) is 31.6. The number of alkyl halides is 3. The summed E-state index contributed by atoms with van der Waals surface area (Å²) < 4.78 is 40.6. The maximum absolute atomic E-state index is 13.5. The second-order valence-electron chi connectivity index (χ2n) is 15.0. The van der Waals surface area contributed by atoms with Gasteiger partial charge in [0.05, 0.1) is 5.56 Å². The minimum absolute atomic E-state index is 0.273. The summed E-state index contributed by atoms with van der Waals surface area (Å²) >= 11 is 0. The molecule has 0 aliphatic carbocycles. The fraction of sp³-hybridized carbons (Fsp3) is 0.0741. The van der Waals surface area contributed by atoms with E-state index >= 15 is 0 Å². The Morgan fingerprint density at radius 3 is 1.12 bits per heavy atom. The minimum atomic E-state index is -4.40. The molecule has 9 rings (SSSR count). The Hall–Kier alpha value is -6.71. The summed E-state index contributed by atoms with van der Waals surface area (Å²) in [5.74, 6) is 0. The van der Waals surface area contributed by atoms with E-state index < -0.39 is 11.7 Å². The lowest BCUT2D eigenvalue weighted by molar-refractivity contribution is -0.137. The van der Waals surface area contributed by atoms with Gasteiger partial charge in [0, 0.05) is 5.41 Å². The zero-order valence-corrected chi connectivity index (χ0v) is 31.6. The van der Waals surface area contributed by atoms with Crippen molar-refractivity contribution < 1.29 is 13.2 Å². The van der Waals surface area contributed by atoms with Gasteiger partial charge in [-0.15, -0.1) is 13.2 Å². The Labute approximate surface area is 330 Å². The summed E-state index contributed by atoms with van der Waals surface area (Å²) in [6, 6.07) is 57.0. The first-order valence-corrected chi connectivity index (χ1v) is 19.2. The molecule has 276 valence electrons. The third-order valence-corrected chi connectivity index (χ3v) is 11.7. The zero-order chi connectivity index (χ0) is 39.3. The van der Waals surface area contributed by atoms with Gasteiger partial charge in [0.15, 0.2) is 0 Å². The van der Waals surface area contributed by atoms with Crippen LogP contribution in [-0.4, -0.2) is 0 Å². The first-order valence-electron chi connectivity index (χ1n) is 19.2. The number of allylic oxidation sites excluding steroid dienone is 2. The van der Waals surface area contributed by atoms with Crippen LogP contribution >= 0.6 is 0 Å². The lowest BCUT2D eigenvalue weighted by Gasteiger charge is -2.26. The molecule has 3 heteroatoms. The fourth-order valence-electron chi connectivity index (χ4n) is 8.76. The van der Waals surface area contributed by atoms with Gasteiger partial charge in [-0.25, -0.2) is 0 Å². The smallest absolute Gasteiger partial charge is 0.166 e. The van der Waals surface area contributed by atoms with Crippen molar-refractivity contribution in [3.63, 3.8) is 0 Å². The highest BCUT2D eigenvalue weighted by Gasteiger charge is 2.30. The van der Waals surface area contributed by atoms with E-state index in [1.54, 1.807) is 12.1 Å². The Balaban J connectivity index is 1.26. The Bertz CT molecular complexity index is 2930. The van der Waals surface area contributed by atoms with Gasteiger partial charge in [-0.3, -0.25) is 0 Å². The van der Waals surface area contributed by atoms with Gasteiger partial charge in [-0.1, -0.05) is 171 Å². The molecular weight excluding hydrogens is 706 g/mol. The van der Waals surface area contributed by atoms with E-state index in [9.17, 15) is 13.2 Å². The van der Waals surface area contributed by atoms with E-state index in [1.807, 2.05) is 36.4 Å². The molecule has 0 N–H and O–H groups in total. The molecule has 0 aromatic heterocycles. The van der Waals surface area contributed by atoms with Crippen LogP contribution in [0.5, 0.6) is 0 Å². The summed E-state index contributed by atoms with van der Waals surface area (Å²) in [6.45, 7) is 10.5. The van der Waals surface area contributed by atoms with Crippen LogP contribution in [0.15, 0.2) is 195 Å². The van der Waals surface area contributed by atoms with Crippen molar-refractivity contribution in [3.05, 3.63) is 206 Å². The van der Waals surface area contributed by atoms with Gasteiger partial charge in [0.1, 0.15) is 0 Å². The first-order chi connectivity index (χ1) is 27.7. The lowest BCUT2D eigenvalue weighted by Crippen LogP contribution is -2.17. The predicted octanol–water partition coefficient (Wildman–Crippen LogP) is 16.0. The fourth-order valence-corrected chi connectivity index (χ4v) is 8.76. The normalized spacial score (nSPS) is 12.9. The van der Waals surface area contributed by atoms with E-state index in [-0.39, 0.29) is 5.41 Å². The molecule has 0 saturated carbocycles. The summed E-state index contributed by atoms with van der Waals surface area (Å²) in [4.78, 5) is 0. The van der Waals surface area contributed by atoms with Crippen LogP contribution in [-0.2, 0) is 11.6 Å². The van der Waals surface area contributed by atoms with E-state index in [1.165, 1.54) is 55.9 Å². The van der Waals surface area contributed by atoms with Gasteiger partial charge in [0.25, 0.3) is 0 Å². The molecule has 0 amide bonds. The van der Waals surface area contributed by atoms with Crippen LogP contribution in [0.1, 0.15) is 24.5 Å². The molecule has 0 aliphatic heterocycles. The molecule has 57 heavy (non-hydrogen) atoms. The van der Waals surface area contributed by atoms with Crippen LogP contribution in [0.25, 0.3) is 87.6 Å². The van der Waals surface area contributed by atoms with Crippen molar-refractivity contribution in [2.24, 2.45) is 0 Å². The number of rotatable bonds is 8. The minimum Gasteiger partial charge on any atom is -0.166 e. The van der Waals surface area contributed by atoms with Gasteiger partial charge in [0.2, 0.25) is 0 Å². The molecule has 0 heterocycles. The van der Waals surface area contributed by atoms with E-state index in [0.29, 0.717) is 0 Å². The molecular formula is C54H39F3. The monoisotopic (exact) mass is 744 g/mol. The number of halogens is 3. The van der Waals surface area contributed by atoms with Crippen molar-refractivity contribution in [2.75, 3.05) is 0 Å². The van der Waals surface area contributed by atoms with E-state index in [0.717, 1.165) is 55.8 Å². The van der Waals surface area contributed by atoms with Crippen LogP contribution in [0.4, 0.5) is 13.2 Å². The number of hydrogen-bond donors (Lipinski definition) is 0. The number of benzene rings is 9. The molecule has 0 radical (unpaired) electrons. The highest BCUT2D eigenvalue weighted by atomic mass is 19.4.